The van der Waals surface area contributed by atoms with Gasteiger partial charge >= 0.3 is 6.36 Å². The highest BCUT2D eigenvalue weighted by Gasteiger charge is 2.32. The SMILES string of the molecule is O=S(=O)(c1ccc(OC(F)(F)F)cc1)N1CCC(=NOCC2Oc3ccccc3O2)CC1. The molecule has 8 nitrogen and oxygen atoms in total. The van der Waals surface area contributed by atoms with Gasteiger partial charge < -0.3 is 19.0 Å². The van der Waals surface area contributed by atoms with Crippen molar-refractivity contribution in [3.63, 3.8) is 0 Å². The molecule has 172 valence electrons. The number of benzene rings is 2. The zero-order valence-corrected chi connectivity index (χ0v) is 17.4. The van der Waals surface area contributed by atoms with Crippen molar-refractivity contribution in [2.75, 3.05) is 19.7 Å². The predicted molar refractivity (Wildman–Crippen MR) is 106 cm³/mol. The van der Waals surface area contributed by atoms with Crippen LogP contribution in [0.4, 0.5) is 13.2 Å². The fourth-order valence-corrected chi connectivity index (χ4v) is 4.69. The Morgan fingerprint density at radius 2 is 1.59 bits per heavy atom. The Morgan fingerprint density at radius 3 is 2.16 bits per heavy atom. The van der Waals surface area contributed by atoms with Crippen LogP contribution in [0.25, 0.3) is 0 Å². The molecule has 2 aliphatic heterocycles. The van der Waals surface area contributed by atoms with Crippen LogP contribution in [0.3, 0.4) is 0 Å². The Labute approximate surface area is 182 Å². The third kappa shape index (κ3) is 5.25. The smallest absolute Gasteiger partial charge is 0.447 e. The highest BCUT2D eigenvalue weighted by molar-refractivity contribution is 7.89. The number of rotatable bonds is 6. The molecule has 1 fully saturated rings. The van der Waals surface area contributed by atoms with Crippen LogP contribution in [-0.2, 0) is 14.9 Å². The van der Waals surface area contributed by atoms with Crippen molar-refractivity contribution in [1.82, 2.24) is 4.31 Å². The fourth-order valence-electron chi connectivity index (χ4n) is 3.25. The molecule has 0 unspecified atom stereocenters. The number of sulfonamides is 1. The molecule has 0 N–H and O–H groups in total. The second-order valence-corrected chi connectivity index (χ2v) is 8.93. The molecule has 2 aromatic rings. The minimum atomic E-state index is -4.84. The number of nitrogens with zero attached hydrogens (tertiary/aromatic N) is 2. The largest absolute Gasteiger partial charge is 0.573 e. The Kier molecular flexibility index (Phi) is 6.15. The van der Waals surface area contributed by atoms with Gasteiger partial charge in [-0.2, -0.15) is 4.31 Å². The van der Waals surface area contributed by atoms with Crippen molar-refractivity contribution < 1.29 is 40.6 Å². The molecular formula is C20H19F3N2O6S. The number of oxime groups is 1. The molecule has 2 heterocycles. The molecule has 0 atom stereocenters. The minimum Gasteiger partial charge on any atom is -0.447 e. The number of piperidine rings is 1. The first kappa shape index (κ1) is 22.2. The lowest BCUT2D eigenvalue weighted by Gasteiger charge is -2.26. The molecule has 0 bridgehead atoms. The van der Waals surface area contributed by atoms with E-state index in [-0.39, 0.29) is 24.6 Å². The molecule has 2 aromatic carbocycles. The van der Waals surface area contributed by atoms with Gasteiger partial charge in [-0.25, -0.2) is 8.42 Å². The number of ether oxygens (including phenoxy) is 3. The summed E-state index contributed by atoms with van der Waals surface area (Å²) in [7, 11) is -3.85. The van der Waals surface area contributed by atoms with Gasteiger partial charge in [0.25, 0.3) is 6.29 Å². The summed E-state index contributed by atoms with van der Waals surface area (Å²) in [5.41, 5.74) is 0.695. The maximum absolute atomic E-state index is 12.7. The third-order valence-electron chi connectivity index (χ3n) is 4.76. The average Bonchev–Trinajstić information content (AvgIpc) is 3.16. The average molecular weight is 472 g/mol. The lowest BCUT2D eigenvalue weighted by Crippen LogP contribution is -2.38. The molecule has 0 saturated carbocycles. The standard InChI is InChI=1S/C20H19F3N2O6S/c21-20(22,23)31-15-5-7-16(8-6-15)32(26,27)25-11-9-14(10-12-25)24-28-13-19-29-17-3-1-2-4-18(17)30-19/h1-8,19H,9-13H2. The van der Waals surface area contributed by atoms with Crippen LogP contribution in [0, 0.1) is 0 Å². The lowest BCUT2D eigenvalue weighted by atomic mass is 10.1. The summed E-state index contributed by atoms with van der Waals surface area (Å²) < 4.78 is 78.4. The van der Waals surface area contributed by atoms with Crippen LogP contribution in [-0.4, -0.2) is 50.8 Å². The van der Waals surface area contributed by atoms with Crippen LogP contribution in [0.15, 0.2) is 58.6 Å². The Hall–Kier alpha value is -2.99. The van der Waals surface area contributed by atoms with Crippen molar-refractivity contribution in [3.05, 3.63) is 48.5 Å². The predicted octanol–water partition coefficient (Wildman–Crippen LogP) is 3.54. The highest BCUT2D eigenvalue weighted by Crippen LogP contribution is 2.34. The number of fused-ring (bicyclic) bond motifs is 1. The van der Waals surface area contributed by atoms with Gasteiger partial charge in [0.15, 0.2) is 18.1 Å². The van der Waals surface area contributed by atoms with E-state index in [9.17, 15) is 21.6 Å². The molecule has 4 rings (SSSR count). The van der Waals surface area contributed by atoms with Gasteiger partial charge in [-0.05, 0) is 36.4 Å². The Morgan fingerprint density at radius 1 is 1.00 bits per heavy atom. The molecule has 0 aliphatic carbocycles. The van der Waals surface area contributed by atoms with E-state index in [0.29, 0.717) is 30.1 Å². The molecule has 2 aliphatic rings. The zero-order valence-electron chi connectivity index (χ0n) is 16.6. The maximum Gasteiger partial charge on any atom is 0.573 e. The Balaban J connectivity index is 1.27. The molecule has 0 spiro atoms. The number of hydrogen-bond acceptors (Lipinski definition) is 7. The molecular weight excluding hydrogens is 453 g/mol. The van der Waals surface area contributed by atoms with E-state index >= 15 is 0 Å². The van der Waals surface area contributed by atoms with E-state index in [1.807, 2.05) is 12.1 Å². The molecule has 12 heteroatoms. The number of para-hydroxylation sites is 2. The van der Waals surface area contributed by atoms with Crippen LogP contribution < -0.4 is 14.2 Å². The molecule has 0 radical (unpaired) electrons. The van der Waals surface area contributed by atoms with Crippen molar-refractivity contribution in [2.24, 2.45) is 5.16 Å². The molecule has 1 saturated heterocycles. The summed E-state index contributed by atoms with van der Waals surface area (Å²) in [5.74, 6) is 0.774. The minimum absolute atomic E-state index is 0.0759. The van der Waals surface area contributed by atoms with E-state index < -0.39 is 28.4 Å². The number of halogens is 3. The van der Waals surface area contributed by atoms with Crippen LogP contribution in [0.1, 0.15) is 12.8 Å². The van der Waals surface area contributed by atoms with Gasteiger partial charge in [-0.3, -0.25) is 0 Å². The molecule has 32 heavy (non-hydrogen) atoms. The quantitative estimate of drug-likeness (QED) is 0.598. The first-order valence-corrected chi connectivity index (χ1v) is 11.1. The van der Waals surface area contributed by atoms with E-state index in [0.717, 1.165) is 24.3 Å². The molecule has 0 amide bonds. The van der Waals surface area contributed by atoms with Crippen LogP contribution in [0.2, 0.25) is 0 Å². The topological polar surface area (TPSA) is 86.7 Å². The summed E-state index contributed by atoms with van der Waals surface area (Å²) in [5, 5.41) is 4.06. The monoisotopic (exact) mass is 472 g/mol. The van der Waals surface area contributed by atoms with Gasteiger partial charge in [-0.15, -0.1) is 13.2 Å². The van der Waals surface area contributed by atoms with Crippen molar-refractivity contribution >= 4 is 15.7 Å². The summed E-state index contributed by atoms with van der Waals surface area (Å²) in [6, 6.07) is 11.3. The van der Waals surface area contributed by atoms with E-state index in [1.165, 1.54) is 4.31 Å². The van der Waals surface area contributed by atoms with Gasteiger partial charge in [0.05, 0.1) is 10.6 Å². The van der Waals surface area contributed by atoms with Crippen LogP contribution >= 0.6 is 0 Å². The number of hydrogen-bond donors (Lipinski definition) is 0. The van der Waals surface area contributed by atoms with Gasteiger partial charge in [0.2, 0.25) is 10.0 Å². The van der Waals surface area contributed by atoms with Crippen LogP contribution in [0.5, 0.6) is 17.2 Å². The second kappa shape index (κ2) is 8.87. The van der Waals surface area contributed by atoms with E-state index in [4.69, 9.17) is 14.3 Å². The summed E-state index contributed by atoms with van der Waals surface area (Å²) in [6.45, 7) is 0.424. The number of alkyl halides is 3. The summed E-state index contributed by atoms with van der Waals surface area (Å²) >= 11 is 0. The maximum atomic E-state index is 12.7. The summed E-state index contributed by atoms with van der Waals surface area (Å²) in [4.78, 5) is 5.20. The second-order valence-electron chi connectivity index (χ2n) is 6.99. The van der Waals surface area contributed by atoms with Crippen molar-refractivity contribution in [2.45, 2.75) is 30.4 Å². The first-order chi connectivity index (χ1) is 15.2. The highest BCUT2D eigenvalue weighted by atomic mass is 32.2. The van der Waals surface area contributed by atoms with Gasteiger partial charge in [-0.1, -0.05) is 17.3 Å². The normalized spacial score (nSPS) is 17.3. The van der Waals surface area contributed by atoms with Crippen molar-refractivity contribution in [1.29, 1.82) is 0 Å². The summed E-state index contributed by atoms with van der Waals surface area (Å²) in [6.07, 6.45) is -4.73. The Bertz CT molecular complexity index is 1050. The van der Waals surface area contributed by atoms with Gasteiger partial charge in [0, 0.05) is 25.9 Å². The zero-order chi connectivity index (χ0) is 22.8. The third-order valence-corrected chi connectivity index (χ3v) is 6.68. The van der Waals surface area contributed by atoms with E-state index in [2.05, 4.69) is 9.89 Å². The lowest BCUT2D eigenvalue weighted by molar-refractivity contribution is -0.274. The molecule has 0 aromatic heterocycles. The van der Waals surface area contributed by atoms with Gasteiger partial charge in [0.1, 0.15) is 5.75 Å². The first-order valence-electron chi connectivity index (χ1n) is 9.67. The fraction of sp³-hybridized carbons (Fsp3) is 0.350. The van der Waals surface area contributed by atoms with Crippen molar-refractivity contribution in [3.8, 4) is 17.2 Å². The van der Waals surface area contributed by atoms with E-state index in [1.54, 1.807) is 12.1 Å².